The van der Waals surface area contributed by atoms with Gasteiger partial charge in [-0.2, -0.15) is 0 Å². The standard InChI is InChI=1S/C12H16BrCl2NO/c1-3-8(7-16-4-2)17-12-6-10(14)9(13)5-11(12)15/h5-6,8,16H,3-4,7H2,1-2H3. The first-order valence-electron chi connectivity index (χ1n) is 5.60. The van der Waals surface area contributed by atoms with E-state index >= 15 is 0 Å². The van der Waals surface area contributed by atoms with Crippen molar-refractivity contribution < 1.29 is 4.74 Å². The predicted molar refractivity (Wildman–Crippen MR) is 77.4 cm³/mol. The van der Waals surface area contributed by atoms with Crippen molar-refractivity contribution in [3.8, 4) is 5.75 Å². The van der Waals surface area contributed by atoms with Crippen LogP contribution in [0.4, 0.5) is 0 Å². The third-order valence-electron chi connectivity index (χ3n) is 2.35. The van der Waals surface area contributed by atoms with Gasteiger partial charge < -0.3 is 10.1 Å². The van der Waals surface area contributed by atoms with Gasteiger partial charge in [0.15, 0.2) is 0 Å². The highest BCUT2D eigenvalue weighted by molar-refractivity contribution is 9.10. The Morgan fingerprint density at radius 3 is 2.59 bits per heavy atom. The normalized spacial score (nSPS) is 12.5. The van der Waals surface area contributed by atoms with Gasteiger partial charge in [-0.3, -0.25) is 0 Å². The molecule has 1 rings (SSSR count). The van der Waals surface area contributed by atoms with Crippen LogP contribution in [0.3, 0.4) is 0 Å². The minimum absolute atomic E-state index is 0.102. The lowest BCUT2D eigenvalue weighted by Crippen LogP contribution is -2.30. The quantitative estimate of drug-likeness (QED) is 0.768. The summed E-state index contributed by atoms with van der Waals surface area (Å²) in [6, 6.07) is 3.49. The van der Waals surface area contributed by atoms with Gasteiger partial charge in [-0.1, -0.05) is 37.0 Å². The molecule has 0 aliphatic carbocycles. The van der Waals surface area contributed by atoms with Crippen molar-refractivity contribution in [1.29, 1.82) is 0 Å². The smallest absolute Gasteiger partial charge is 0.139 e. The molecule has 0 aliphatic heterocycles. The monoisotopic (exact) mass is 339 g/mol. The minimum atomic E-state index is 0.102. The van der Waals surface area contributed by atoms with Gasteiger partial charge in [-0.15, -0.1) is 0 Å². The molecule has 0 saturated heterocycles. The van der Waals surface area contributed by atoms with E-state index in [1.807, 2.05) is 0 Å². The molecule has 0 bridgehead atoms. The third-order valence-corrected chi connectivity index (χ3v) is 3.84. The first-order chi connectivity index (χ1) is 8.08. The number of hydrogen-bond donors (Lipinski definition) is 1. The maximum atomic E-state index is 6.10. The second kappa shape index (κ2) is 7.47. The van der Waals surface area contributed by atoms with Crippen LogP contribution in [0.25, 0.3) is 0 Å². The van der Waals surface area contributed by atoms with Crippen LogP contribution in [-0.2, 0) is 0 Å². The second-order valence-corrected chi connectivity index (χ2v) is 5.32. The van der Waals surface area contributed by atoms with E-state index in [4.69, 9.17) is 27.9 Å². The van der Waals surface area contributed by atoms with Gasteiger partial charge in [0.05, 0.1) is 10.0 Å². The Labute approximate surface area is 121 Å². The summed E-state index contributed by atoms with van der Waals surface area (Å²) in [7, 11) is 0. The van der Waals surface area contributed by atoms with E-state index in [0.717, 1.165) is 24.0 Å². The van der Waals surface area contributed by atoms with Crippen molar-refractivity contribution in [2.45, 2.75) is 26.4 Å². The van der Waals surface area contributed by atoms with E-state index in [2.05, 4.69) is 35.1 Å². The summed E-state index contributed by atoms with van der Waals surface area (Å²) in [6.07, 6.45) is 1.02. The van der Waals surface area contributed by atoms with Gasteiger partial charge in [0.1, 0.15) is 11.9 Å². The Morgan fingerprint density at radius 2 is 2.00 bits per heavy atom. The fourth-order valence-electron chi connectivity index (χ4n) is 1.35. The summed E-state index contributed by atoms with van der Waals surface area (Å²) in [5.74, 6) is 0.629. The third kappa shape index (κ3) is 4.66. The summed E-state index contributed by atoms with van der Waals surface area (Å²) in [4.78, 5) is 0. The Kier molecular flexibility index (Phi) is 6.63. The number of nitrogens with one attached hydrogen (secondary N) is 1. The molecule has 5 heteroatoms. The molecule has 1 unspecified atom stereocenters. The number of likely N-dealkylation sites (N-methyl/N-ethyl adjacent to an activating group) is 1. The largest absolute Gasteiger partial charge is 0.487 e. The van der Waals surface area contributed by atoms with Crippen LogP contribution < -0.4 is 10.1 Å². The van der Waals surface area contributed by atoms with Crippen molar-refractivity contribution in [3.05, 3.63) is 26.7 Å². The Morgan fingerprint density at radius 1 is 1.29 bits per heavy atom. The molecule has 17 heavy (non-hydrogen) atoms. The van der Waals surface area contributed by atoms with Gasteiger partial charge in [0, 0.05) is 17.1 Å². The molecule has 1 aromatic carbocycles. The molecule has 0 amide bonds. The molecule has 1 aromatic rings. The van der Waals surface area contributed by atoms with Gasteiger partial charge >= 0.3 is 0 Å². The average Bonchev–Trinajstić information content (AvgIpc) is 2.30. The fraction of sp³-hybridized carbons (Fsp3) is 0.500. The number of rotatable bonds is 6. The molecule has 0 heterocycles. The average molecular weight is 341 g/mol. The first kappa shape index (κ1) is 15.1. The van der Waals surface area contributed by atoms with E-state index in [9.17, 15) is 0 Å². The SMILES string of the molecule is CCNCC(CC)Oc1cc(Cl)c(Br)cc1Cl. The fourth-order valence-corrected chi connectivity index (χ4v) is 2.19. The first-order valence-corrected chi connectivity index (χ1v) is 7.15. The highest BCUT2D eigenvalue weighted by Crippen LogP contribution is 2.34. The molecule has 0 aromatic heterocycles. The van der Waals surface area contributed by atoms with Gasteiger partial charge in [0.25, 0.3) is 0 Å². The zero-order valence-electron chi connectivity index (χ0n) is 9.90. The van der Waals surface area contributed by atoms with E-state index < -0.39 is 0 Å². The highest BCUT2D eigenvalue weighted by atomic mass is 79.9. The summed E-state index contributed by atoms with van der Waals surface area (Å²) < 4.78 is 6.61. The van der Waals surface area contributed by atoms with Crippen molar-refractivity contribution in [3.63, 3.8) is 0 Å². The summed E-state index contributed by atoms with van der Waals surface area (Å²) >= 11 is 15.4. The van der Waals surface area contributed by atoms with E-state index in [0.29, 0.717) is 15.8 Å². The van der Waals surface area contributed by atoms with Crippen molar-refractivity contribution in [2.24, 2.45) is 0 Å². The highest BCUT2D eigenvalue weighted by Gasteiger charge is 2.12. The Balaban J connectivity index is 2.75. The number of hydrogen-bond acceptors (Lipinski definition) is 2. The van der Waals surface area contributed by atoms with Gasteiger partial charge in [-0.25, -0.2) is 0 Å². The molecular formula is C12H16BrCl2NO. The van der Waals surface area contributed by atoms with Crippen LogP contribution >= 0.6 is 39.1 Å². The maximum Gasteiger partial charge on any atom is 0.139 e. The molecule has 1 atom stereocenters. The minimum Gasteiger partial charge on any atom is -0.487 e. The van der Waals surface area contributed by atoms with Gasteiger partial charge in [-0.05, 0) is 35.0 Å². The Bertz CT molecular complexity index is 374. The van der Waals surface area contributed by atoms with Crippen molar-refractivity contribution in [2.75, 3.05) is 13.1 Å². The predicted octanol–water partition coefficient (Wildman–Crippen LogP) is 4.52. The summed E-state index contributed by atoms with van der Waals surface area (Å²) in [6.45, 7) is 5.87. The molecule has 0 radical (unpaired) electrons. The molecule has 0 aliphatic rings. The molecule has 96 valence electrons. The molecule has 0 spiro atoms. The van der Waals surface area contributed by atoms with E-state index in [1.54, 1.807) is 12.1 Å². The molecular weight excluding hydrogens is 325 g/mol. The molecule has 1 N–H and O–H groups in total. The Hall–Kier alpha value is 0.0400. The summed E-state index contributed by atoms with van der Waals surface area (Å²) in [5, 5.41) is 4.42. The molecule has 0 saturated carbocycles. The van der Waals surface area contributed by atoms with E-state index in [1.165, 1.54) is 0 Å². The lowest BCUT2D eigenvalue weighted by atomic mass is 10.2. The lowest BCUT2D eigenvalue weighted by molar-refractivity contribution is 0.194. The van der Waals surface area contributed by atoms with Crippen LogP contribution in [0, 0.1) is 0 Å². The lowest BCUT2D eigenvalue weighted by Gasteiger charge is -2.19. The van der Waals surface area contributed by atoms with Crippen molar-refractivity contribution >= 4 is 39.1 Å². The molecule has 0 fully saturated rings. The van der Waals surface area contributed by atoms with Crippen LogP contribution in [0.5, 0.6) is 5.75 Å². The number of halogens is 3. The van der Waals surface area contributed by atoms with Crippen LogP contribution in [-0.4, -0.2) is 19.2 Å². The van der Waals surface area contributed by atoms with Gasteiger partial charge in [0.2, 0.25) is 0 Å². The molecule has 2 nitrogen and oxygen atoms in total. The summed E-state index contributed by atoms with van der Waals surface area (Å²) in [5.41, 5.74) is 0. The zero-order valence-corrected chi connectivity index (χ0v) is 13.0. The van der Waals surface area contributed by atoms with Crippen LogP contribution in [0.1, 0.15) is 20.3 Å². The van der Waals surface area contributed by atoms with Crippen LogP contribution in [0.2, 0.25) is 10.0 Å². The van der Waals surface area contributed by atoms with E-state index in [-0.39, 0.29) is 6.10 Å². The maximum absolute atomic E-state index is 6.10. The second-order valence-electron chi connectivity index (χ2n) is 3.65. The topological polar surface area (TPSA) is 21.3 Å². The van der Waals surface area contributed by atoms with Crippen molar-refractivity contribution in [1.82, 2.24) is 5.32 Å². The zero-order chi connectivity index (χ0) is 12.8. The number of benzene rings is 1. The number of ether oxygens (including phenoxy) is 1. The van der Waals surface area contributed by atoms with Crippen LogP contribution in [0.15, 0.2) is 16.6 Å².